The van der Waals surface area contributed by atoms with E-state index in [4.69, 9.17) is 9.15 Å². The van der Waals surface area contributed by atoms with Crippen LogP contribution in [0, 0.1) is 13.8 Å². The summed E-state index contributed by atoms with van der Waals surface area (Å²) >= 11 is 0. The molecule has 0 saturated carbocycles. The second-order valence-corrected chi connectivity index (χ2v) is 5.38. The average Bonchev–Trinajstić information content (AvgIpc) is 2.88. The quantitative estimate of drug-likeness (QED) is 0.869. The molecular formula is C15H25NO2. The van der Waals surface area contributed by atoms with Crippen LogP contribution >= 0.6 is 0 Å². The summed E-state index contributed by atoms with van der Waals surface area (Å²) in [5, 5.41) is 3.57. The Morgan fingerprint density at radius 1 is 1.39 bits per heavy atom. The molecule has 0 radical (unpaired) electrons. The van der Waals surface area contributed by atoms with Crippen molar-refractivity contribution in [1.82, 2.24) is 5.32 Å². The van der Waals surface area contributed by atoms with Crippen molar-refractivity contribution in [2.45, 2.75) is 65.2 Å². The lowest BCUT2D eigenvalue weighted by atomic mass is 10.0. The highest BCUT2D eigenvalue weighted by atomic mass is 16.5. The molecule has 2 rings (SSSR count). The predicted molar refractivity (Wildman–Crippen MR) is 72.8 cm³/mol. The lowest BCUT2D eigenvalue weighted by molar-refractivity contribution is 0.0266. The topological polar surface area (TPSA) is 34.4 Å². The first-order valence-corrected chi connectivity index (χ1v) is 7.07. The minimum absolute atomic E-state index is 0.197. The Bertz CT molecular complexity index is 366. The van der Waals surface area contributed by atoms with E-state index in [-0.39, 0.29) is 12.1 Å². The highest BCUT2D eigenvalue weighted by Crippen LogP contribution is 2.32. The molecule has 1 fully saturated rings. The molecule has 0 aliphatic carbocycles. The van der Waals surface area contributed by atoms with Crippen molar-refractivity contribution in [2.75, 3.05) is 6.54 Å². The van der Waals surface area contributed by atoms with Crippen LogP contribution in [0.1, 0.15) is 56.2 Å². The Hall–Kier alpha value is -0.800. The zero-order chi connectivity index (χ0) is 13.1. The van der Waals surface area contributed by atoms with Crippen molar-refractivity contribution >= 4 is 0 Å². The van der Waals surface area contributed by atoms with Gasteiger partial charge in [-0.25, -0.2) is 0 Å². The van der Waals surface area contributed by atoms with Gasteiger partial charge in [0.2, 0.25) is 0 Å². The number of furan rings is 1. The van der Waals surface area contributed by atoms with E-state index >= 15 is 0 Å². The number of hydrogen-bond acceptors (Lipinski definition) is 3. The molecule has 3 heteroatoms. The van der Waals surface area contributed by atoms with Gasteiger partial charge in [-0.3, -0.25) is 0 Å². The second kappa shape index (κ2) is 5.89. The SMILES string of the molecule is CCCNC(c1cc(C)c(C)o1)C1CCC(C)O1. The Labute approximate surface area is 110 Å². The lowest BCUT2D eigenvalue weighted by Gasteiger charge is -2.23. The first kappa shape index (κ1) is 13.6. The van der Waals surface area contributed by atoms with Crippen LogP contribution in [0.15, 0.2) is 10.5 Å². The zero-order valence-electron chi connectivity index (χ0n) is 12.0. The molecule has 1 aromatic rings. The van der Waals surface area contributed by atoms with Gasteiger partial charge in [0.1, 0.15) is 11.5 Å². The molecule has 0 spiro atoms. The van der Waals surface area contributed by atoms with Crippen LogP contribution in [0.2, 0.25) is 0 Å². The fourth-order valence-electron chi connectivity index (χ4n) is 2.55. The highest BCUT2D eigenvalue weighted by Gasteiger charge is 2.32. The molecule has 1 N–H and O–H groups in total. The molecule has 0 bridgehead atoms. The number of ether oxygens (including phenoxy) is 1. The van der Waals surface area contributed by atoms with E-state index in [1.807, 2.05) is 6.92 Å². The van der Waals surface area contributed by atoms with Crippen molar-refractivity contribution < 1.29 is 9.15 Å². The lowest BCUT2D eigenvalue weighted by Crippen LogP contribution is -2.32. The van der Waals surface area contributed by atoms with Crippen LogP contribution in [0.5, 0.6) is 0 Å². The van der Waals surface area contributed by atoms with Crippen LogP contribution in [0.4, 0.5) is 0 Å². The molecular weight excluding hydrogens is 226 g/mol. The molecule has 0 amide bonds. The first-order valence-electron chi connectivity index (χ1n) is 7.07. The molecule has 1 aliphatic heterocycles. The molecule has 3 nitrogen and oxygen atoms in total. The van der Waals surface area contributed by atoms with Gasteiger partial charge in [0.15, 0.2) is 0 Å². The smallest absolute Gasteiger partial charge is 0.124 e. The van der Waals surface area contributed by atoms with Gasteiger partial charge in [0.05, 0.1) is 18.2 Å². The summed E-state index contributed by atoms with van der Waals surface area (Å²) in [5.41, 5.74) is 1.22. The van der Waals surface area contributed by atoms with E-state index in [0.717, 1.165) is 37.3 Å². The fourth-order valence-corrected chi connectivity index (χ4v) is 2.55. The summed E-state index contributed by atoms with van der Waals surface area (Å²) in [6.45, 7) is 9.44. The van der Waals surface area contributed by atoms with Crippen LogP contribution in [0.3, 0.4) is 0 Å². The van der Waals surface area contributed by atoms with E-state index in [9.17, 15) is 0 Å². The van der Waals surface area contributed by atoms with Crippen molar-refractivity contribution in [2.24, 2.45) is 0 Å². The van der Waals surface area contributed by atoms with E-state index in [2.05, 4.69) is 32.2 Å². The minimum Gasteiger partial charge on any atom is -0.464 e. The minimum atomic E-state index is 0.197. The maximum atomic E-state index is 6.00. The molecule has 0 aromatic carbocycles. The first-order chi connectivity index (χ1) is 8.61. The molecule has 1 saturated heterocycles. The van der Waals surface area contributed by atoms with Crippen LogP contribution in [-0.4, -0.2) is 18.8 Å². The maximum absolute atomic E-state index is 6.00. The van der Waals surface area contributed by atoms with Gasteiger partial charge in [-0.2, -0.15) is 0 Å². The third kappa shape index (κ3) is 2.96. The van der Waals surface area contributed by atoms with Crippen molar-refractivity contribution in [1.29, 1.82) is 0 Å². The van der Waals surface area contributed by atoms with Crippen LogP contribution < -0.4 is 5.32 Å². The Balaban J connectivity index is 2.13. The monoisotopic (exact) mass is 251 g/mol. The van der Waals surface area contributed by atoms with Gasteiger partial charge in [0, 0.05) is 0 Å². The van der Waals surface area contributed by atoms with Gasteiger partial charge in [0.25, 0.3) is 0 Å². The van der Waals surface area contributed by atoms with E-state index in [1.165, 1.54) is 5.56 Å². The Kier molecular flexibility index (Phi) is 4.46. The van der Waals surface area contributed by atoms with Gasteiger partial charge in [-0.1, -0.05) is 6.92 Å². The standard InChI is InChI=1S/C15H25NO2/c1-5-8-16-15(13-7-6-11(3)17-13)14-9-10(2)12(4)18-14/h9,11,13,15-16H,5-8H2,1-4H3. The van der Waals surface area contributed by atoms with E-state index < -0.39 is 0 Å². The average molecular weight is 251 g/mol. The third-order valence-electron chi connectivity index (χ3n) is 3.74. The van der Waals surface area contributed by atoms with Gasteiger partial charge in [-0.05, 0) is 58.2 Å². The summed E-state index contributed by atoms with van der Waals surface area (Å²) in [5.74, 6) is 2.04. The number of rotatable bonds is 5. The molecule has 18 heavy (non-hydrogen) atoms. The fraction of sp³-hybridized carbons (Fsp3) is 0.733. The van der Waals surface area contributed by atoms with E-state index in [0.29, 0.717) is 6.10 Å². The second-order valence-electron chi connectivity index (χ2n) is 5.38. The summed E-state index contributed by atoms with van der Waals surface area (Å²) in [6.07, 6.45) is 4.00. The summed E-state index contributed by atoms with van der Waals surface area (Å²) in [6, 6.07) is 2.34. The number of aryl methyl sites for hydroxylation is 2. The summed E-state index contributed by atoms with van der Waals surface area (Å²) in [4.78, 5) is 0. The molecule has 2 heterocycles. The van der Waals surface area contributed by atoms with Crippen molar-refractivity contribution in [3.05, 3.63) is 23.2 Å². The Morgan fingerprint density at radius 3 is 2.67 bits per heavy atom. The van der Waals surface area contributed by atoms with Crippen LogP contribution in [0.25, 0.3) is 0 Å². The summed E-state index contributed by atoms with van der Waals surface area (Å²) in [7, 11) is 0. The third-order valence-corrected chi connectivity index (χ3v) is 3.74. The zero-order valence-corrected chi connectivity index (χ0v) is 12.0. The highest BCUT2D eigenvalue weighted by molar-refractivity contribution is 5.21. The van der Waals surface area contributed by atoms with Gasteiger partial charge in [-0.15, -0.1) is 0 Å². The normalized spacial score (nSPS) is 25.6. The van der Waals surface area contributed by atoms with Crippen LogP contribution in [-0.2, 0) is 4.74 Å². The van der Waals surface area contributed by atoms with E-state index in [1.54, 1.807) is 0 Å². The number of nitrogens with one attached hydrogen (secondary N) is 1. The molecule has 102 valence electrons. The number of hydrogen-bond donors (Lipinski definition) is 1. The molecule has 3 unspecified atom stereocenters. The molecule has 3 atom stereocenters. The Morgan fingerprint density at radius 2 is 2.17 bits per heavy atom. The van der Waals surface area contributed by atoms with Gasteiger partial charge >= 0.3 is 0 Å². The summed E-state index contributed by atoms with van der Waals surface area (Å²) < 4.78 is 11.9. The van der Waals surface area contributed by atoms with Crippen molar-refractivity contribution in [3.8, 4) is 0 Å². The predicted octanol–water partition coefficient (Wildman–Crippen LogP) is 3.50. The molecule has 1 aliphatic rings. The van der Waals surface area contributed by atoms with Crippen molar-refractivity contribution in [3.63, 3.8) is 0 Å². The maximum Gasteiger partial charge on any atom is 0.124 e. The van der Waals surface area contributed by atoms with Gasteiger partial charge < -0.3 is 14.5 Å². The molecule has 1 aromatic heterocycles. The largest absolute Gasteiger partial charge is 0.464 e.